The van der Waals surface area contributed by atoms with Crippen molar-refractivity contribution in [2.24, 2.45) is 5.41 Å². The molecule has 1 aromatic carbocycles. The highest BCUT2D eigenvalue weighted by atomic mass is 16.6. The third-order valence-electron chi connectivity index (χ3n) is 4.30. The monoisotopic (exact) mass is 321 g/mol. The number of hydrogen-bond donors (Lipinski definition) is 0. The fraction of sp³-hybridized carbons (Fsp3) is 0.500. The van der Waals surface area contributed by atoms with Crippen molar-refractivity contribution in [3.05, 3.63) is 39.9 Å². The Morgan fingerprint density at radius 2 is 1.78 bits per heavy atom. The highest BCUT2D eigenvalue weighted by Crippen LogP contribution is 2.38. The minimum absolute atomic E-state index is 0.0759. The normalized spacial score (nSPS) is 23.8. The van der Waals surface area contributed by atoms with Crippen LogP contribution in [0.4, 0.5) is 5.69 Å². The van der Waals surface area contributed by atoms with Crippen LogP contribution < -0.4 is 0 Å². The second-order valence-electron chi connectivity index (χ2n) is 5.96. The van der Waals surface area contributed by atoms with E-state index in [1.807, 2.05) is 6.92 Å². The van der Waals surface area contributed by atoms with Gasteiger partial charge in [0.1, 0.15) is 6.10 Å². The molecule has 1 aliphatic rings. The van der Waals surface area contributed by atoms with Crippen molar-refractivity contribution in [2.45, 2.75) is 38.7 Å². The molecule has 0 heterocycles. The minimum Gasteiger partial charge on any atom is -0.469 e. The molecule has 124 valence electrons. The van der Waals surface area contributed by atoms with Crippen LogP contribution in [0.15, 0.2) is 24.3 Å². The molecule has 2 rings (SSSR count). The Morgan fingerprint density at radius 3 is 2.26 bits per heavy atom. The Morgan fingerprint density at radius 1 is 1.22 bits per heavy atom. The number of nitrogens with zero attached hydrogens (tertiary/aromatic N) is 1. The minimum atomic E-state index is -0.524. The summed E-state index contributed by atoms with van der Waals surface area (Å²) >= 11 is 0. The van der Waals surface area contributed by atoms with Crippen LogP contribution in [-0.4, -0.2) is 30.1 Å². The molecule has 0 bridgehead atoms. The Balaban J connectivity index is 1.92. The zero-order valence-corrected chi connectivity index (χ0v) is 13.1. The lowest BCUT2D eigenvalue weighted by molar-refractivity contribution is -0.384. The second kappa shape index (κ2) is 6.76. The topological polar surface area (TPSA) is 95.7 Å². The third kappa shape index (κ3) is 3.85. The Bertz CT molecular complexity index is 602. The predicted molar refractivity (Wildman–Crippen MR) is 80.9 cm³/mol. The molecule has 1 aliphatic carbocycles. The number of carbonyl (C=O) groups excluding carboxylic acids is 2. The summed E-state index contributed by atoms with van der Waals surface area (Å²) in [5, 5.41) is 10.6. The van der Waals surface area contributed by atoms with E-state index in [4.69, 9.17) is 9.47 Å². The number of ether oxygens (including phenoxy) is 2. The first-order valence-electron chi connectivity index (χ1n) is 7.39. The van der Waals surface area contributed by atoms with E-state index in [9.17, 15) is 19.7 Å². The van der Waals surface area contributed by atoms with Gasteiger partial charge in [0.2, 0.25) is 0 Å². The lowest BCUT2D eigenvalue weighted by Crippen LogP contribution is -2.36. The van der Waals surface area contributed by atoms with Crippen LogP contribution in [0.2, 0.25) is 0 Å². The van der Waals surface area contributed by atoms with E-state index in [1.54, 1.807) is 0 Å². The number of methoxy groups -OCH3 is 1. The summed E-state index contributed by atoms with van der Waals surface area (Å²) in [5.41, 5.74) is -0.324. The van der Waals surface area contributed by atoms with Crippen molar-refractivity contribution in [1.29, 1.82) is 0 Å². The number of esters is 2. The Hall–Kier alpha value is -2.44. The Labute approximate surface area is 133 Å². The van der Waals surface area contributed by atoms with Crippen LogP contribution in [0.1, 0.15) is 43.0 Å². The maximum Gasteiger partial charge on any atom is 0.338 e. The maximum atomic E-state index is 12.1. The largest absolute Gasteiger partial charge is 0.469 e. The van der Waals surface area contributed by atoms with Gasteiger partial charge in [0, 0.05) is 12.1 Å². The number of nitro benzene ring substituents is 1. The van der Waals surface area contributed by atoms with Gasteiger partial charge in [0.05, 0.1) is 23.0 Å². The van der Waals surface area contributed by atoms with Crippen LogP contribution >= 0.6 is 0 Å². The molecule has 1 fully saturated rings. The first-order chi connectivity index (χ1) is 10.9. The summed E-state index contributed by atoms with van der Waals surface area (Å²) in [4.78, 5) is 33.9. The molecular weight excluding hydrogens is 302 g/mol. The maximum absolute atomic E-state index is 12.1. The Kier molecular flexibility index (Phi) is 4.98. The van der Waals surface area contributed by atoms with Crippen LogP contribution in [0.5, 0.6) is 0 Å². The molecule has 0 saturated heterocycles. The fourth-order valence-corrected chi connectivity index (χ4v) is 2.74. The van der Waals surface area contributed by atoms with Gasteiger partial charge in [-0.3, -0.25) is 14.9 Å². The molecule has 0 amide bonds. The highest BCUT2D eigenvalue weighted by Gasteiger charge is 2.39. The van der Waals surface area contributed by atoms with E-state index in [-0.39, 0.29) is 23.3 Å². The van der Waals surface area contributed by atoms with Crippen molar-refractivity contribution < 1.29 is 24.0 Å². The van der Waals surface area contributed by atoms with Gasteiger partial charge in [-0.15, -0.1) is 0 Å². The van der Waals surface area contributed by atoms with E-state index in [0.717, 1.165) is 0 Å². The van der Waals surface area contributed by atoms with Gasteiger partial charge >= 0.3 is 11.9 Å². The summed E-state index contributed by atoms with van der Waals surface area (Å²) in [7, 11) is 1.37. The first-order valence-corrected chi connectivity index (χ1v) is 7.39. The lowest BCUT2D eigenvalue weighted by atomic mass is 9.75. The molecule has 0 aromatic heterocycles. The smallest absolute Gasteiger partial charge is 0.338 e. The molecule has 0 atom stereocenters. The van der Waals surface area contributed by atoms with E-state index in [0.29, 0.717) is 25.7 Å². The number of nitro groups is 1. The van der Waals surface area contributed by atoms with Gasteiger partial charge < -0.3 is 9.47 Å². The molecule has 0 N–H and O–H groups in total. The average molecular weight is 321 g/mol. The third-order valence-corrected chi connectivity index (χ3v) is 4.30. The van der Waals surface area contributed by atoms with E-state index >= 15 is 0 Å². The molecular formula is C16H19NO6. The van der Waals surface area contributed by atoms with Gasteiger partial charge in [-0.05, 0) is 44.7 Å². The summed E-state index contributed by atoms with van der Waals surface area (Å²) in [6, 6.07) is 5.29. The van der Waals surface area contributed by atoms with Gasteiger partial charge in [-0.2, -0.15) is 0 Å². The summed E-state index contributed by atoms with van der Waals surface area (Å²) in [6.45, 7) is 1.85. The molecule has 0 aliphatic heterocycles. The average Bonchev–Trinajstić information content (AvgIpc) is 2.56. The molecule has 23 heavy (non-hydrogen) atoms. The quantitative estimate of drug-likeness (QED) is 0.480. The number of non-ortho nitro benzene ring substituents is 1. The SMILES string of the molecule is COC(=O)[C@]1(C)CC[C@@H](OC(=O)c2ccc([N+](=O)[O-])cc2)CC1. The highest BCUT2D eigenvalue weighted by molar-refractivity contribution is 5.89. The number of hydrogen-bond acceptors (Lipinski definition) is 6. The molecule has 7 heteroatoms. The molecule has 1 saturated carbocycles. The molecule has 0 unspecified atom stereocenters. The van der Waals surface area contributed by atoms with Crippen LogP contribution in [0, 0.1) is 15.5 Å². The van der Waals surface area contributed by atoms with Gasteiger partial charge in [0.25, 0.3) is 5.69 Å². The van der Waals surface area contributed by atoms with Crippen molar-refractivity contribution in [1.82, 2.24) is 0 Å². The van der Waals surface area contributed by atoms with Crippen LogP contribution in [0.25, 0.3) is 0 Å². The molecule has 1 aromatic rings. The number of rotatable bonds is 4. The summed E-state index contributed by atoms with van der Waals surface area (Å²) < 4.78 is 10.2. The number of carbonyl (C=O) groups is 2. The number of benzene rings is 1. The summed E-state index contributed by atoms with van der Waals surface area (Å²) in [5.74, 6) is -0.746. The second-order valence-corrected chi connectivity index (χ2v) is 5.96. The van der Waals surface area contributed by atoms with E-state index in [2.05, 4.69) is 0 Å². The molecule has 7 nitrogen and oxygen atoms in total. The van der Waals surface area contributed by atoms with E-state index in [1.165, 1.54) is 31.4 Å². The van der Waals surface area contributed by atoms with Crippen LogP contribution in [-0.2, 0) is 14.3 Å². The zero-order valence-electron chi connectivity index (χ0n) is 13.1. The molecule has 0 radical (unpaired) electrons. The van der Waals surface area contributed by atoms with E-state index < -0.39 is 16.3 Å². The predicted octanol–water partition coefficient (Wildman–Crippen LogP) is 2.87. The van der Waals surface area contributed by atoms with Gasteiger partial charge in [-0.25, -0.2) is 4.79 Å². The van der Waals surface area contributed by atoms with Crippen molar-refractivity contribution in [3.63, 3.8) is 0 Å². The van der Waals surface area contributed by atoms with Crippen molar-refractivity contribution in [3.8, 4) is 0 Å². The standard InChI is InChI=1S/C16H19NO6/c1-16(15(19)22-2)9-7-13(8-10-16)23-14(18)11-3-5-12(6-4-11)17(20)21/h3-6,13H,7-10H2,1-2H3/t13-,16-. The van der Waals surface area contributed by atoms with Crippen molar-refractivity contribution in [2.75, 3.05) is 7.11 Å². The van der Waals surface area contributed by atoms with Gasteiger partial charge in [-0.1, -0.05) is 0 Å². The summed E-state index contributed by atoms with van der Waals surface area (Å²) in [6.07, 6.45) is 2.11. The fourth-order valence-electron chi connectivity index (χ4n) is 2.74. The van der Waals surface area contributed by atoms with Gasteiger partial charge in [0.15, 0.2) is 0 Å². The first kappa shape index (κ1) is 16.9. The van der Waals surface area contributed by atoms with Crippen LogP contribution in [0.3, 0.4) is 0 Å². The van der Waals surface area contributed by atoms with Crippen molar-refractivity contribution >= 4 is 17.6 Å². The zero-order chi connectivity index (χ0) is 17.0. The molecule has 0 spiro atoms. The lowest BCUT2D eigenvalue weighted by Gasteiger charge is -2.34.